The van der Waals surface area contributed by atoms with Crippen molar-refractivity contribution in [1.82, 2.24) is 0 Å². The lowest BCUT2D eigenvalue weighted by atomic mass is 9.72. The Morgan fingerprint density at radius 1 is 1.21 bits per heavy atom. The van der Waals surface area contributed by atoms with Gasteiger partial charge in [-0.15, -0.1) is 12.4 Å². The van der Waals surface area contributed by atoms with Crippen molar-refractivity contribution in [3.05, 3.63) is 34.9 Å². The van der Waals surface area contributed by atoms with Crippen molar-refractivity contribution in [3.8, 4) is 0 Å². The minimum absolute atomic E-state index is 0. The molecule has 0 spiro atoms. The monoisotopic (exact) mass is 210 g/mol. The summed E-state index contributed by atoms with van der Waals surface area (Å²) in [7, 11) is 0. The Morgan fingerprint density at radius 2 is 1.93 bits per heavy atom. The van der Waals surface area contributed by atoms with Crippen LogP contribution in [-0.2, 0) is 11.8 Å². The SMILES string of the molecule is Cc1ccc2c(c1)CCCC2(C)C.Cl. The van der Waals surface area contributed by atoms with E-state index in [4.69, 9.17) is 0 Å². The number of halogens is 1. The van der Waals surface area contributed by atoms with Crippen LogP contribution >= 0.6 is 12.4 Å². The number of benzene rings is 1. The Kier molecular flexibility index (Phi) is 3.26. The molecule has 1 aromatic rings. The molecule has 0 atom stereocenters. The molecule has 0 saturated heterocycles. The first kappa shape index (κ1) is 11.6. The summed E-state index contributed by atoms with van der Waals surface area (Å²) in [6.45, 7) is 6.91. The van der Waals surface area contributed by atoms with Crippen LogP contribution in [0.25, 0.3) is 0 Å². The van der Waals surface area contributed by atoms with E-state index < -0.39 is 0 Å². The molecule has 0 aliphatic heterocycles. The highest BCUT2D eigenvalue weighted by molar-refractivity contribution is 5.85. The van der Waals surface area contributed by atoms with Gasteiger partial charge in [0.15, 0.2) is 0 Å². The highest BCUT2D eigenvalue weighted by Crippen LogP contribution is 2.36. The van der Waals surface area contributed by atoms with Crippen LogP contribution in [0.3, 0.4) is 0 Å². The van der Waals surface area contributed by atoms with Crippen LogP contribution in [0.1, 0.15) is 43.4 Å². The molecular formula is C13H19Cl. The van der Waals surface area contributed by atoms with Gasteiger partial charge in [0.1, 0.15) is 0 Å². The van der Waals surface area contributed by atoms with Gasteiger partial charge in [-0.05, 0) is 42.7 Å². The van der Waals surface area contributed by atoms with Gasteiger partial charge in [-0.3, -0.25) is 0 Å². The van der Waals surface area contributed by atoms with Crippen LogP contribution in [0.2, 0.25) is 0 Å². The molecule has 0 fully saturated rings. The maximum absolute atomic E-state index is 2.36. The smallest absolute Gasteiger partial charge is 0.0101 e. The number of fused-ring (bicyclic) bond motifs is 1. The summed E-state index contributed by atoms with van der Waals surface area (Å²) in [6.07, 6.45) is 3.97. The van der Waals surface area contributed by atoms with Crippen molar-refractivity contribution in [2.45, 2.75) is 45.4 Å². The normalized spacial score (nSPS) is 18.2. The summed E-state index contributed by atoms with van der Waals surface area (Å²) < 4.78 is 0. The van der Waals surface area contributed by atoms with Crippen molar-refractivity contribution in [2.75, 3.05) is 0 Å². The lowest BCUT2D eigenvalue weighted by molar-refractivity contribution is 0.432. The topological polar surface area (TPSA) is 0 Å². The number of aryl methyl sites for hydroxylation is 2. The molecule has 0 bridgehead atoms. The quantitative estimate of drug-likeness (QED) is 0.607. The van der Waals surface area contributed by atoms with E-state index in [-0.39, 0.29) is 12.4 Å². The fraction of sp³-hybridized carbons (Fsp3) is 0.538. The zero-order valence-corrected chi connectivity index (χ0v) is 10.1. The van der Waals surface area contributed by atoms with Gasteiger partial charge in [0, 0.05) is 0 Å². The van der Waals surface area contributed by atoms with Gasteiger partial charge in [0.2, 0.25) is 0 Å². The third-order valence-electron chi connectivity index (χ3n) is 3.24. The summed E-state index contributed by atoms with van der Waals surface area (Å²) in [5.74, 6) is 0. The number of hydrogen-bond donors (Lipinski definition) is 0. The first-order valence-corrected chi connectivity index (χ1v) is 5.20. The molecule has 1 aliphatic rings. The fourth-order valence-corrected chi connectivity index (χ4v) is 2.45. The maximum atomic E-state index is 2.36. The predicted molar refractivity (Wildman–Crippen MR) is 64.4 cm³/mol. The molecular weight excluding hydrogens is 192 g/mol. The molecule has 0 aromatic heterocycles. The standard InChI is InChI=1S/C13H18.ClH/c1-10-6-7-12-11(9-10)5-4-8-13(12,2)3;/h6-7,9H,4-5,8H2,1-3H3;1H. The molecule has 78 valence electrons. The molecule has 14 heavy (non-hydrogen) atoms. The largest absolute Gasteiger partial charge is 0.147 e. The molecule has 0 N–H and O–H groups in total. The molecule has 0 saturated carbocycles. The lowest BCUT2D eigenvalue weighted by Gasteiger charge is -2.32. The number of rotatable bonds is 0. The molecule has 1 heteroatoms. The van der Waals surface area contributed by atoms with Gasteiger partial charge in [0.25, 0.3) is 0 Å². The van der Waals surface area contributed by atoms with E-state index in [2.05, 4.69) is 39.0 Å². The van der Waals surface area contributed by atoms with Gasteiger partial charge >= 0.3 is 0 Å². The van der Waals surface area contributed by atoms with Crippen LogP contribution in [0.5, 0.6) is 0 Å². The molecule has 1 aliphatic carbocycles. The van der Waals surface area contributed by atoms with Crippen molar-refractivity contribution in [1.29, 1.82) is 0 Å². The minimum Gasteiger partial charge on any atom is -0.147 e. The second-order valence-corrected chi connectivity index (χ2v) is 4.90. The Balaban J connectivity index is 0.000000980. The van der Waals surface area contributed by atoms with Crippen LogP contribution < -0.4 is 0 Å². The zero-order valence-electron chi connectivity index (χ0n) is 9.26. The van der Waals surface area contributed by atoms with Crippen LogP contribution in [0.4, 0.5) is 0 Å². The van der Waals surface area contributed by atoms with Crippen LogP contribution in [-0.4, -0.2) is 0 Å². The van der Waals surface area contributed by atoms with Gasteiger partial charge in [-0.1, -0.05) is 37.6 Å². The molecule has 0 amide bonds. The van der Waals surface area contributed by atoms with Crippen molar-refractivity contribution >= 4 is 12.4 Å². The average Bonchev–Trinajstić information content (AvgIpc) is 2.02. The maximum Gasteiger partial charge on any atom is -0.0101 e. The highest BCUT2D eigenvalue weighted by Gasteiger charge is 2.26. The fourth-order valence-electron chi connectivity index (χ4n) is 2.45. The summed E-state index contributed by atoms with van der Waals surface area (Å²) in [4.78, 5) is 0. The summed E-state index contributed by atoms with van der Waals surface area (Å²) >= 11 is 0. The average molecular weight is 211 g/mol. The van der Waals surface area contributed by atoms with E-state index in [0.29, 0.717) is 5.41 Å². The van der Waals surface area contributed by atoms with Gasteiger partial charge in [-0.2, -0.15) is 0 Å². The summed E-state index contributed by atoms with van der Waals surface area (Å²) in [5.41, 5.74) is 4.96. The van der Waals surface area contributed by atoms with Crippen molar-refractivity contribution in [2.24, 2.45) is 0 Å². The molecule has 0 radical (unpaired) electrons. The highest BCUT2D eigenvalue weighted by atomic mass is 35.5. The lowest BCUT2D eigenvalue weighted by Crippen LogP contribution is -2.23. The van der Waals surface area contributed by atoms with Crippen molar-refractivity contribution in [3.63, 3.8) is 0 Å². The Hall–Kier alpha value is -0.490. The molecule has 0 unspecified atom stereocenters. The Bertz CT molecular complexity index is 326. The molecule has 0 heterocycles. The van der Waals surface area contributed by atoms with E-state index >= 15 is 0 Å². The van der Waals surface area contributed by atoms with Gasteiger partial charge in [-0.25, -0.2) is 0 Å². The Morgan fingerprint density at radius 3 is 2.64 bits per heavy atom. The predicted octanol–water partition coefficient (Wildman–Crippen LogP) is 4.03. The third kappa shape index (κ3) is 1.95. The summed E-state index contributed by atoms with van der Waals surface area (Å²) in [6, 6.07) is 6.92. The first-order chi connectivity index (χ1) is 6.09. The molecule has 1 aromatic carbocycles. The van der Waals surface area contributed by atoms with E-state index in [0.717, 1.165) is 0 Å². The van der Waals surface area contributed by atoms with E-state index in [9.17, 15) is 0 Å². The molecule has 2 rings (SSSR count). The van der Waals surface area contributed by atoms with E-state index in [1.54, 1.807) is 11.1 Å². The first-order valence-electron chi connectivity index (χ1n) is 5.20. The van der Waals surface area contributed by atoms with Gasteiger partial charge < -0.3 is 0 Å². The third-order valence-corrected chi connectivity index (χ3v) is 3.24. The summed E-state index contributed by atoms with van der Waals surface area (Å²) in [5, 5.41) is 0. The molecule has 0 nitrogen and oxygen atoms in total. The van der Waals surface area contributed by atoms with Crippen molar-refractivity contribution < 1.29 is 0 Å². The van der Waals surface area contributed by atoms with Gasteiger partial charge in [0.05, 0.1) is 0 Å². The zero-order chi connectivity index (χ0) is 9.47. The van der Waals surface area contributed by atoms with E-state index in [1.165, 1.54) is 24.8 Å². The van der Waals surface area contributed by atoms with Crippen LogP contribution in [0, 0.1) is 6.92 Å². The second-order valence-electron chi connectivity index (χ2n) is 4.90. The second kappa shape index (κ2) is 3.94. The van der Waals surface area contributed by atoms with Crippen LogP contribution in [0.15, 0.2) is 18.2 Å². The Labute approximate surface area is 93.1 Å². The number of hydrogen-bond acceptors (Lipinski definition) is 0. The minimum atomic E-state index is 0. The van der Waals surface area contributed by atoms with E-state index in [1.807, 2.05) is 0 Å².